The van der Waals surface area contributed by atoms with Crippen LogP contribution in [0.1, 0.15) is 25.3 Å². The van der Waals surface area contributed by atoms with E-state index in [0.29, 0.717) is 6.42 Å². The zero-order valence-corrected chi connectivity index (χ0v) is 10.2. The van der Waals surface area contributed by atoms with Crippen LogP contribution < -0.4 is 5.32 Å². The average Bonchev–Trinajstić information content (AvgIpc) is 2.75. The summed E-state index contributed by atoms with van der Waals surface area (Å²) in [6.45, 7) is 1.84. The number of alkyl halides is 3. The fourth-order valence-electron chi connectivity index (χ4n) is 1.88. The van der Waals surface area contributed by atoms with Crippen LogP contribution in [0.2, 0.25) is 0 Å². The highest BCUT2D eigenvalue weighted by atomic mass is 19.4. The van der Waals surface area contributed by atoms with Gasteiger partial charge in [0.1, 0.15) is 11.9 Å². The first-order chi connectivity index (χ1) is 8.86. The summed E-state index contributed by atoms with van der Waals surface area (Å²) in [6.07, 6.45) is -2.76. The third kappa shape index (κ3) is 3.44. The summed E-state index contributed by atoms with van der Waals surface area (Å²) < 4.78 is 42.8. The van der Waals surface area contributed by atoms with Crippen LogP contribution >= 0.6 is 0 Å². The lowest BCUT2D eigenvalue weighted by Gasteiger charge is -2.12. The van der Waals surface area contributed by atoms with Crippen LogP contribution in [0, 0.1) is 0 Å². The van der Waals surface area contributed by atoms with Crippen molar-refractivity contribution in [1.29, 1.82) is 0 Å². The van der Waals surface area contributed by atoms with Gasteiger partial charge >= 0.3 is 6.18 Å². The normalized spacial score (nSPS) is 23.4. The van der Waals surface area contributed by atoms with Gasteiger partial charge < -0.3 is 10.1 Å². The number of amides is 1. The number of rotatable bonds is 2. The van der Waals surface area contributed by atoms with Crippen molar-refractivity contribution in [3.05, 3.63) is 23.9 Å². The molecule has 1 aliphatic rings. The lowest BCUT2D eigenvalue weighted by atomic mass is 10.2. The number of halogens is 3. The second-order valence-corrected chi connectivity index (χ2v) is 4.43. The molecule has 1 N–H and O–H groups in total. The van der Waals surface area contributed by atoms with Gasteiger partial charge in [-0.05, 0) is 31.9 Å². The zero-order valence-electron chi connectivity index (χ0n) is 10.2. The minimum atomic E-state index is -4.46. The number of hydrogen-bond donors (Lipinski definition) is 1. The van der Waals surface area contributed by atoms with E-state index in [0.717, 1.165) is 24.8 Å². The van der Waals surface area contributed by atoms with Crippen LogP contribution in [0.4, 0.5) is 19.0 Å². The number of nitrogens with one attached hydrogen (secondary N) is 1. The maximum Gasteiger partial charge on any atom is 0.416 e. The van der Waals surface area contributed by atoms with Gasteiger partial charge in [-0.2, -0.15) is 13.2 Å². The summed E-state index contributed by atoms with van der Waals surface area (Å²) in [7, 11) is 0. The maximum atomic E-state index is 12.5. The first-order valence-corrected chi connectivity index (χ1v) is 5.86. The fourth-order valence-corrected chi connectivity index (χ4v) is 1.88. The molecule has 0 radical (unpaired) electrons. The molecule has 0 saturated carbocycles. The van der Waals surface area contributed by atoms with E-state index in [-0.39, 0.29) is 11.9 Å². The van der Waals surface area contributed by atoms with Gasteiger partial charge in [-0.3, -0.25) is 4.79 Å². The van der Waals surface area contributed by atoms with Crippen molar-refractivity contribution >= 4 is 11.7 Å². The largest absolute Gasteiger partial charge is 0.416 e. The summed E-state index contributed by atoms with van der Waals surface area (Å²) in [5.74, 6) is -0.584. The van der Waals surface area contributed by atoms with Crippen LogP contribution in [0.5, 0.6) is 0 Å². The van der Waals surface area contributed by atoms with Gasteiger partial charge in [0.15, 0.2) is 0 Å². The van der Waals surface area contributed by atoms with Crippen LogP contribution in [0.25, 0.3) is 0 Å². The minimum absolute atomic E-state index is 0.00906. The molecular weight excluding hydrogens is 261 g/mol. The van der Waals surface area contributed by atoms with Crippen molar-refractivity contribution < 1.29 is 22.7 Å². The van der Waals surface area contributed by atoms with Crippen molar-refractivity contribution in [2.45, 2.75) is 38.1 Å². The molecule has 4 nitrogen and oxygen atoms in total. The van der Waals surface area contributed by atoms with E-state index in [1.165, 1.54) is 0 Å². The number of carbonyl (C=O) groups is 1. The van der Waals surface area contributed by atoms with Crippen LogP contribution in [0.3, 0.4) is 0 Å². The third-order valence-corrected chi connectivity index (χ3v) is 2.86. The van der Waals surface area contributed by atoms with E-state index < -0.39 is 23.8 Å². The number of carbonyl (C=O) groups excluding carboxylic acids is 1. The van der Waals surface area contributed by atoms with E-state index in [1.54, 1.807) is 0 Å². The second kappa shape index (κ2) is 5.16. The summed E-state index contributed by atoms with van der Waals surface area (Å²) in [4.78, 5) is 15.5. The first kappa shape index (κ1) is 13.8. The number of hydrogen-bond acceptors (Lipinski definition) is 3. The molecule has 1 aromatic rings. The van der Waals surface area contributed by atoms with Crippen LogP contribution in [-0.4, -0.2) is 23.1 Å². The molecule has 19 heavy (non-hydrogen) atoms. The molecule has 1 saturated heterocycles. The zero-order chi connectivity index (χ0) is 14.0. The van der Waals surface area contributed by atoms with E-state index in [9.17, 15) is 18.0 Å². The second-order valence-electron chi connectivity index (χ2n) is 4.43. The Hall–Kier alpha value is -1.63. The number of ether oxygens (including phenoxy) is 1. The Morgan fingerprint density at radius 2 is 2.21 bits per heavy atom. The molecule has 0 aromatic carbocycles. The Bertz CT molecular complexity index is 476. The molecule has 1 fully saturated rings. The number of nitrogens with zero attached hydrogens (tertiary/aromatic N) is 1. The Morgan fingerprint density at radius 1 is 1.47 bits per heavy atom. The first-order valence-electron chi connectivity index (χ1n) is 5.86. The third-order valence-electron chi connectivity index (χ3n) is 2.86. The number of pyridine rings is 1. The average molecular weight is 274 g/mol. The molecule has 0 unspecified atom stereocenters. The Balaban J connectivity index is 2.05. The Labute approximate surface area is 108 Å². The van der Waals surface area contributed by atoms with E-state index in [4.69, 9.17) is 4.74 Å². The SMILES string of the molecule is C[C@@H]1CC[C@H](C(=O)Nc2cc(C(F)(F)F)ccn2)O1. The van der Waals surface area contributed by atoms with Gasteiger partial charge in [-0.15, -0.1) is 0 Å². The van der Waals surface area contributed by atoms with Gasteiger partial charge in [0, 0.05) is 6.20 Å². The predicted octanol–water partition coefficient (Wildman–Crippen LogP) is 2.61. The van der Waals surface area contributed by atoms with E-state index in [1.807, 2.05) is 6.92 Å². The van der Waals surface area contributed by atoms with Crippen molar-refractivity contribution in [2.24, 2.45) is 0 Å². The molecule has 7 heteroatoms. The molecule has 2 heterocycles. The number of anilines is 1. The Morgan fingerprint density at radius 3 is 2.79 bits per heavy atom. The van der Waals surface area contributed by atoms with Crippen molar-refractivity contribution in [3.8, 4) is 0 Å². The minimum Gasteiger partial charge on any atom is -0.365 e. The quantitative estimate of drug-likeness (QED) is 0.901. The molecular formula is C12H13F3N2O2. The number of aromatic nitrogens is 1. The highest BCUT2D eigenvalue weighted by molar-refractivity contribution is 5.93. The van der Waals surface area contributed by atoms with Crippen molar-refractivity contribution in [3.63, 3.8) is 0 Å². The van der Waals surface area contributed by atoms with Gasteiger partial charge in [0.25, 0.3) is 5.91 Å². The van der Waals surface area contributed by atoms with Crippen LogP contribution in [-0.2, 0) is 15.7 Å². The van der Waals surface area contributed by atoms with Gasteiger partial charge in [-0.1, -0.05) is 0 Å². The fraction of sp³-hybridized carbons (Fsp3) is 0.500. The highest BCUT2D eigenvalue weighted by Gasteiger charge is 2.32. The summed E-state index contributed by atoms with van der Waals surface area (Å²) in [6, 6.07) is 1.65. The van der Waals surface area contributed by atoms with Crippen molar-refractivity contribution in [1.82, 2.24) is 4.98 Å². The lowest BCUT2D eigenvalue weighted by Crippen LogP contribution is -2.28. The molecule has 104 valence electrons. The van der Waals surface area contributed by atoms with E-state index in [2.05, 4.69) is 10.3 Å². The van der Waals surface area contributed by atoms with E-state index >= 15 is 0 Å². The molecule has 1 aliphatic heterocycles. The molecule has 0 spiro atoms. The molecule has 1 amide bonds. The molecule has 0 aliphatic carbocycles. The predicted molar refractivity (Wildman–Crippen MR) is 61.4 cm³/mol. The standard InChI is InChI=1S/C12H13F3N2O2/c1-7-2-3-9(19-7)11(18)17-10-6-8(4-5-16-10)12(13,14)15/h4-7,9H,2-3H2,1H3,(H,16,17,18)/t7-,9-/m1/s1. The maximum absolute atomic E-state index is 12.5. The highest BCUT2D eigenvalue weighted by Crippen LogP contribution is 2.30. The summed E-state index contributed by atoms with van der Waals surface area (Å²) in [5.41, 5.74) is -0.849. The molecule has 0 bridgehead atoms. The van der Waals surface area contributed by atoms with Gasteiger partial charge in [0.05, 0.1) is 11.7 Å². The monoisotopic (exact) mass is 274 g/mol. The van der Waals surface area contributed by atoms with Gasteiger partial charge in [0.2, 0.25) is 0 Å². The smallest absolute Gasteiger partial charge is 0.365 e. The Kier molecular flexibility index (Phi) is 3.75. The van der Waals surface area contributed by atoms with Crippen molar-refractivity contribution in [2.75, 3.05) is 5.32 Å². The molecule has 2 rings (SSSR count). The van der Waals surface area contributed by atoms with Crippen LogP contribution in [0.15, 0.2) is 18.3 Å². The lowest BCUT2D eigenvalue weighted by molar-refractivity contribution is -0.137. The molecule has 2 atom stereocenters. The summed E-state index contributed by atoms with van der Waals surface area (Å²) in [5, 5.41) is 2.34. The topological polar surface area (TPSA) is 51.2 Å². The van der Waals surface area contributed by atoms with Gasteiger partial charge in [-0.25, -0.2) is 4.98 Å². The summed E-state index contributed by atoms with van der Waals surface area (Å²) >= 11 is 0. The molecule has 1 aromatic heterocycles.